The number of hydrogen-bond donors (Lipinski definition) is 0. The van der Waals surface area contributed by atoms with Crippen molar-refractivity contribution in [1.29, 1.82) is 0 Å². The fourth-order valence-electron chi connectivity index (χ4n) is 2.28. The summed E-state index contributed by atoms with van der Waals surface area (Å²) in [6.07, 6.45) is 5.23. The Bertz CT molecular complexity index is 975. The van der Waals surface area contributed by atoms with E-state index in [1.807, 2.05) is 62.4 Å². The van der Waals surface area contributed by atoms with Gasteiger partial charge in [0.05, 0.1) is 5.69 Å². The van der Waals surface area contributed by atoms with Crippen molar-refractivity contribution in [2.45, 2.75) is 13.8 Å². The van der Waals surface area contributed by atoms with Crippen LogP contribution in [0.3, 0.4) is 0 Å². The van der Waals surface area contributed by atoms with E-state index in [9.17, 15) is 4.79 Å². The van der Waals surface area contributed by atoms with Crippen LogP contribution in [0.15, 0.2) is 88.9 Å². The molecule has 0 saturated carbocycles. The minimum absolute atomic E-state index is 0. The Morgan fingerprint density at radius 2 is 1.88 bits per heavy atom. The Labute approximate surface area is 149 Å². The van der Waals surface area contributed by atoms with Gasteiger partial charge in [-0.2, -0.15) is 0 Å². The highest BCUT2D eigenvalue weighted by Gasteiger charge is 2.09. The smallest absolute Gasteiger partial charge is 0.261 e. The standard InChI is InChI=1S/C15H12N2O.C6H9N.H2/c1-11-14(12-7-3-2-4-8-12)16-13-9-5-6-10-17(13)15(11)18;1-4-5-6(2)7-3;/h2-10H,1H3;4-5H,1,3H2,2H3;1H/b;6-5+;. The van der Waals surface area contributed by atoms with Crippen molar-refractivity contribution >= 4 is 12.4 Å². The fraction of sp³-hybridized carbons (Fsp3) is 0.0952. The number of hydrogen-bond acceptors (Lipinski definition) is 3. The van der Waals surface area contributed by atoms with E-state index in [-0.39, 0.29) is 6.99 Å². The maximum absolute atomic E-state index is 12.2. The highest BCUT2D eigenvalue weighted by molar-refractivity contribution is 5.64. The second-order valence-electron chi connectivity index (χ2n) is 5.39. The van der Waals surface area contributed by atoms with Crippen LogP contribution in [0.2, 0.25) is 0 Å². The lowest BCUT2D eigenvalue weighted by atomic mass is 10.1. The number of aliphatic imine (C=N–C) groups is 1. The lowest BCUT2D eigenvalue weighted by Gasteiger charge is -2.07. The molecule has 0 N–H and O–H groups in total. The zero-order chi connectivity index (χ0) is 18.2. The first kappa shape index (κ1) is 18.1. The largest absolute Gasteiger partial charge is 0.269 e. The van der Waals surface area contributed by atoms with Crippen molar-refractivity contribution in [2.75, 3.05) is 0 Å². The SMILES string of the molecule is C=C/C=C(\C)N=C.Cc1c(-c2ccccc2)nc2ccccn2c1=O.[HH]. The quantitative estimate of drug-likeness (QED) is 0.515. The molecule has 0 bridgehead atoms. The summed E-state index contributed by atoms with van der Waals surface area (Å²) < 4.78 is 1.57. The van der Waals surface area contributed by atoms with Gasteiger partial charge in [0.1, 0.15) is 5.65 Å². The van der Waals surface area contributed by atoms with Gasteiger partial charge >= 0.3 is 0 Å². The molecule has 2 aromatic heterocycles. The molecule has 0 saturated heterocycles. The van der Waals surface area contributed by atoms with E-state index in [1.54, 1.807) is 22.7 Å². The van der Waals surface area contributed by atoms with Gasteiger partial charge in [-0.15, -0.1) is 0 Å². The van der Waals surface area contributed by atoms with Crippen LogP contribution in [0.1, 0.15) is 13.9 Å². The van der Waals surface area contributed by atoms with Crippen LogP contribution < -0.4 is 5.56 Å². The van der Waals surface area contributed by atoms with Crippen LogP contribution in [0.5, 0.6) is 0 Å². The van der Waals surface area contributed by atoms with Crippen LogP contribution >= 0.6 is 0 Å². The van der Waals surface area contributed by atoms with Crippen LogP contribution in [-0.4, -0.2) is 16.1 Å². The fourth-order valence-corrected chi connectivity index (χ4v) is 2.28. The molecule has 4 nitrogen and oxygen atoms in total. The van der Waals surface area contributed by atoms with E-state index in [0.29, 0.717) is 11.2 Å². The molecule has 0 unspecified atom stereocenters. The Balaban J connectivity index is 0.000000366. The maximum atomic E-state index is 12.2. The predicted molar refractivity (Wildman–Crippen MR) is 107 cm³/mol. The molecule has 3 rings (SSSR count). The molecule has 0 amide bonds. The third-order valence-corrected chi connectivity index (χ3v) is 3.62. The second kappa shape index (κ2) is 8.55. The number of benzene rings is 1. The van der Waals surface area contributed by atoms with E-state index in [1.165, 1.54) is 0 Å². The van der Waals surface area contributed by atoms with Crippen molar-refractivity contribution in [3.8, 4) is 11.3 Å². The molecular weight excluding hydrogens is 310 g/mol. The van der Waals surface area contributed by atoms with Crippen molar-refractivity contribution in [2.24, 2.45) is 4.99 Å². The normalized spacial score (nSPS) is 10.7. The molecule has 0 aliphatic carbocycles. The number of pyridine rings is 1. The van der Waals surface area contributed by atoms with Gasteiger partial charge in [0, 0.05) is 24.4 Å². The van der Waals surface area contributed by atoms with Crippen molar-refractivity contribution in [3.63, 3.8) is 0 Å². The predicted octanol–water partition coefficient (Wildman–Crippen LogP) is 4.69. The summed E-state index contributed by atoms with van der Waals surface area (Å²) in [4.78, 5) is 20.4. The summed E-state index contributed by atoms with van der Waals surface area (Å²) in [5.41, 5.74) is 3.96. The molecule has 0 spiro atoms. The molecule has 0 fully saturated rings. The van der Waals surface area contributed by atoms with Crippen LogP contribution in [-0.2, 0) is 0 Å². The number of fused-ring (bicyclic) bond motifs is 1. The summed E-state index contributed by atoms with van der Waals surface area (Å²) in [5.74, 6) is 0. The molecule has 0 atom stereocenters. The molecule has 1 aromatic carbocycles. The first-order valence-electron chi connectivity index (χ1n) is 7.88. The van der Waals surface area contributed by atoms with Gasteiger partial charge in [0.25, 0.3) is 5.56 Å². The first-order chi connectivity index (χ1) is 12.1. The van der Waals surface area contributed by atoms with Gasteiger partial charge in [0.2, 0.25) is 0 Å². The number of nitrogens with zero attached hydrogens (tertiary/aromatic N) is 3. The van der Waals surface area contributed by atoms with Gasteiger partial charge < -0.3 is 0 Å². The summed E-state index contributed by atoms with van der Waals surface area (Å²) in [7, 11) is 0. The van der Waals surface area contributed by atoms with Crippen molar-refractivity contribution in [1.82, 2.24) is 9.38 Å². The highest BCUT2D eigenvalue weighted by atomic mass is 16.1. The Morgan fingerprint density at radius 1 is 1.20 bits per heavy atom. The lowest BCUT2D eigenvalue weighted by Crippen LogP contribution is -2.18. The molecule has 0 radical (unpaired) electrons. The van der Waals surface area contributed by atoms with Gasteiger partial charge in [-0.05, 0) is 38.8 Å². The van der Waals surface area contributed by atoms with E-state index < -0.39 is 0 Å². The maximum Gasteiger partial charge on any atom is 0.261 e. The van der Waals surface area contributed by atoms with Crippen LogP contribution in [0.4, 0.5) is 0 Å². The Kier molecular flexibility index (Phi) is 6.18. The molecule has 25 heavy (non-hydrogen) atoms. The molecular formula is C21H23N3O. The molecule has 4 heteroatoms. The zero-order valence-electron chi connectivity index (χ0n) is 14.5. The van der Waals surface area contributed by atoms with Crippen molar-refractivity contribution in [3.05, 3.63) is 95.1 Å². The average molecular weight is 333 g/mol. The molecule has 128 valence electrons. The van der Waals surface area contributed by atoms with Gasteiger partial charge in [-0.1, -0.05) is 49.1 Å². The van der Waals surface area contributed by atoms with E-state index in [2.05, 4.69) is 23.3 Å². The number of rotatable bonds is 3. The minimum atomic E-state index is -0.0144. The summed E-state index contributed by atoms with van der Waals surface area (Å²) >= 11 is 0. The number of allylic oxidation sites excluding steroid dienone is 3. The highest BCUT2D eigenvalue weighted by Crippen LogP contribution is 2.18. The van der Waals surface area contributed by atoms with E-state index >= 15 is 0 Å². The van der Waals surface area contributed by atoms with Crippen LogP contribution in [0, 0.1) is 6.92 Å². The first-order valence-corrected chi connectivity index (χ1v) is 7.88. The average Bonchev–Trinajstić information content (AvgIpc) is 2.66. The van der Waals surface area contributed by atoms with E-state index in [0.717, 1.165) is 17.0 Å². The number of aromatic nitrogens is 2. The third-order valence-electron chi connectivity index (χ3n) is 3.62. The monoisotopic (exact) mass is 333 g/mol. The van der Waals surface area contributed by atoms with Gasteiger partial charge in [-0.25, -0.2) is 4.98 Å². The topological polar surface area (TPSA) is 46.7 Å². The Hall–Kier alpha value is -3.27. The Morgan fingerprint density at radius 3 is 2.48 bits per heavy atom. The van der Waals surface area contributed by atoms with Gasteiger partial charge in [-0.3, -0.25) is 14.2 Å². The van der Waals surface area contributed by atoms with Crippen LogP contribution in [0.25, 0.3) is 16.9 Å². The molecule has 0 aliphatic rings. The summed E-state index contributed by atoms with van der Waals surface area (Å²) in [6.45, 7) is 10.5. The molecule has 3 aromatic rings. The molecule has 2 heterocycles. The zero-order valence-corrected chi connectivity index (χ0v) is 14.5. The van der Waals surface area contributed by atoms with E-state index in [4.69, 9.17) is 0 Å². The minimum Gasteiger partial charge on any atom is -0.269 e. The van der Waals surface area contributed by atoms with Crippen molar-refractivity contribution < 1.29 is 1.43 Å². The summed E-state index contributed by atoms with van der Waals surface area (Å²) in [5, 5.41) is 0. The second-order valence-corrected chi connectivity index (χ2v) is 5.39. The lowest BCUT2D eigenvalue weighted by molar-refractivity contribution is 1.02. The third kappa shape index (κ3) is 4.38. The summed E-state index contributed by atoms with van der Waals surface area (Å²) in [6, 6.07) is 15.3. The molecule has 0 aliphatic heterocycles. The van der Waals surface area contributed by atoms with Gasteiger partial charge in [0.15, 0.2) is 0 Å².